The molecule has 1 aliphatic rings. The van der Waals surface area contributed by atoms with E-state index >= 15 is 0 Å². The van der Waals surface area contributed by atoms with Gasteiger partial charge in [0.25, 0.3) is 0 Å². The maximum Gasteiger partial charge on any atom is 0.109 e. The topological polar surface area (TPSA) is 18.5 Å². The summed E-state index contributed by atoms with van der Waals surface area (Å²) in [6.07, 6.45) is 11.8. The van der Waals surface area contributed by atoms with Crippen molar-refractivity contribution in [2.24, 2.45) is 0 Å². The fourth-order valence-electron chi connectivity index (χ4n) is 1.80. The Bertz CT molecular complexity index is 169. The van der Waals surface area contributed by atoms with Crippen LogP contribution in [0.3, 0.4) is 0 Å². The molecule has 73 valence electrons. The molecule has 0 heterocycles. The van der Waals surface area contributed by atoms with E-state index in [9.17, 15) is 0 Å². The van der Waals surface area contributed by atoms with E-state index in [0.717, 1.165) is 25.9 Å². The van der Waals surface area contributed by atoms with Crippen molar-refractivity contribution in [1.82, 2.24) is 0 Å². The summed E-state index contributed by atoms with van der Waals surface area (Å²) in [6.45, 7) is 3.13. The third-order valence-electron chi connectivity index (χ3n) is 2.37. The summed E-state index contributed by atoms with van der Waals surface area (Å²) in [4.78, 5) is 0. The van der Waals surface area contributed by atoms with Crippen LogP contribution in [0.15, 0.2) is 0 Å². The van der Waals surface area contributed by atoms with E-state index in [-0.39, 0.29) is 6.10 Å². The summed E-state index contributed by atoms with van der Waals surface area (Å²) in [5.74, 6) is 2.25. The van der Waals surface area contributed by atoms with E-state index in [1.807, 2.05) is 6.92 Å². The molecule has 0 aromatic carbocycles. The van der Waals surface area contributed by atoms with Gasteiger partial charge in [0.1, 0.15) is 6.61 Å². The second-order valence-corrected chi connectivity index (χ2v) is 3.35. The SMILES string of the molecule is [C]#CCOC1CCCC(OCC)C1. The Morgan fingerprint density at radius 1 is 1.31 bits per heavy atom. The standard InChI is InChI=1S/C11H17O2/c1-3-8-13-11-7-5-6-10(9-11)12-4-2/h10-11H,4-9H2,2H3. The zero-order valence-corrected chi connectivity index (χ0v) is 8.21. The number of ether oxygens (including phenoxy) is 2. The lowest BCUT2D eigenvalue weighted by molar-refractivity contribution is -0.0329. The van der Waals surface area contributed by atoms with Gasteiger partial charge in [-0.25, -0.2) is 0 Å². The van der Waals surface area contributed by atoms with Crippen LogP contribution in [0.25, 0.3) is 0 Å². The summed E-state index contributed by atoms with van der Waals surface area (Å²) in [5.41, 5.74) is 0. The molecule has 0 saturated heterocycles. The van der Waals surface area contributed by atoms with E-state index in [1.54, 1.807) is 0 Å². The highest BCUT2D eigenvalue weighted by atomic mass is 16.5. The maximum atomic E-state index is 6.75. The average Bonchev–Trinajstić information content (AvgIpc) is 2.16. The second-order valence-electron chi connectivity index (χ2n) is 3.35. The molecule has 0 amide bonds. The summed E-state index contributed by atoms with van der Waals surface area (Å²) in [5, 5.41) is 0. The van der Waals surface area contributed by atoms with Crippen LogP contribution >= 0.6 is 0 Å². The maximum absolute atomic E-state index is 6.75. The largest absolute Gasteiger partial charge is 0.378 e. The van der Waals surface area contributed by atoms with Crippen LogP contribution in [-0.2, 0) is 9.47 Å². The molecule has 1 aliphatic carbocycles. The summed E-state index contributed by atoms with van der Waals surface area (Å²) in [6, 6.07) is 0. The normalized spacial score (nSPS) is 28.3. The van der Waals surface area contributed by atoms with Crippen molar-refractivity contribution in [2.45, 2.75) is 44.8 Å². The Hall–Kier alpha value is -0.520. The molecule has 1 fully saturated rings. The average molecular weight is 181 g/mol. The fraction of sp³-hybridized carbons (Fsp3) is 0.818. The van der Waals surface area contributed by atoms with Crippen LogP contribution in [0.2, 0.25) is 0 Å². The van der Waals surface area contributed by atoms with Gasteiger partial charge in [-0.2, -0.15) is 0 Å². The first-order chi connectivity index (χ1) is 6.36. The first-order valence-corrected chi connectivity index (χ1v) is 4.99. The van der Waals surface area contributed by atoms with Gasteiger partial charge in [-0.05, 0) is 39.0 Å². The summed E-state index contributed by atoms with van der Waals surface area (Å²) >= 11 is 0. The molecule has 0 spiro atoms. The van der Waals surface area contributed by atoms with Crippen molar-refractivity contribution < 1.29 is 9.47 Å². The minimum Gasteiger partial charge on any atom is -0.378 e. The molecule has 0 N–H and O–H groups in total. The van der Waals surface area contributed by atoms with Gasteiger partial charge in [0.15, 0.2) is 0 Å². The van der Waals surface area contributed by atoms with Gasteiger partial charge in [0.05, 0.1) is 12.2 Å². The third kappa shape index (κ3) is 3.80. The lowest BCUT2D eigenvalue weighted by atomic mass is 9.95. The van der Waals surface area contributed by atoms with Gasteiger partial charge >= 0.3 is 0 Å². The van der Waals surface area contributed by atoms with Crippen molar-refractivity contribution in [3.63, 3.8) is 0 Å². The van der Waals surface area contributed by atoms with Gasteiger partial charge in [-0.3, -0.25) is 0 Å². The smallest absolute Gasteiger partial charge is 0.109 e. The summed E-state index contributed by atoms with van der Waals surface area (Å²) in [7, 11) is 0. The lowest BCUT2D eigenvalue weighted by Gasteiger charge is -2.28. The monoisotopic (exact) mass is 181 g/mol. The molecule has 2 unspecified atom stereocenters. The predicted octanol–water partition coefficient (Wildman–Crippen LogP) is 1.94. The van der Waals surface area contributed by atoms with Crippen LogP contribution in [0, 0.1) is 12.3 Å². The van der Waals surface area contributed by atoms with Crippen LogP contribution in [0.1, 0.15) is 32.6 Å². The lowest BCUT2D eigenvalue weighted by Crippen LogP contribution is -2.28. The minimum absolute atomic E-state index is 0.281. The highest BCUT2D eigenvalue weighted by molar-refractivity contribution is 4.78. The quantitative estimate of drug-likeness (QED) is 0.617. The molecule has 1 rings (SSSR count). The van der Waals surface area contributed by atoms with Gasteiger partial charge in [0, 0.05) is 6.61 Å². The molecule has 0 aromatic heterocycles. The zero-order valence-electron chi connectivity index (χ0n) is 8.21. The minimum atomic E-state index is 0.281. The summed E-state index contributed by atoms with van der Waals surface area (Å²) < 4.78 is 11.0. The van der Waals surface area contributed by atoms with E-state index in [0.29, 0.717) is 12.7 Å². The van der Waals surface area contributed by atoms with Crippen LogP contribution in [-0.4, -0.2) is 25.4 Å². The number of rotatable bonds is 4. The van der Waals surface area contributed by atoms with E-state index in [4.69, 9.17) is 15.9 Å². The van der Waals surface area contributed by atoms with Gasteiger partial charge in [-0.1, -0.05) is 5.92 Å². The van der Waals surface area contributed by atoms with Crippen molar-refractivity contribution in [3.05, 3.63) is 6.42 Å². The van der Waals surface area contributed by atoms with E-state index in [1.165, 1.54) is 6.42 Å². The molecule has 13 heavy (non-hydrogen) atoms. The molecule has 0 bridgehead atoms. The first-order valence-electron chi connectivity index (χ1n) is 4.99. The fourth-order valence-corrected chi connectivity index (χ4v) is 1.80. The molecule has 2 nitrogen and oxygen atoms in total. The molecule has 0 aromatic rings. The molecule has 1 saturated carbocycles. The van der Waals surface area contributed by atoms with Crippen LogP contribution < -0.4 is 0 Å². The Labute approximate surface area is 80.6 Å². The molecular weight excluding hydrogens is 164 g/mol. The molecule has 1 radical (unpaired) electrons. The van der Waals surface area contributed by atoms with E-state index < -0.39 is 0 Å². The molecular formula is C11H17O2. The Kier molecular flexibility index (Phi) is 4.88. The third-order valence-corrected chi connectivity index (χ3v) is 2.37. The Morgan fingerprint density at radius 2 is 2.00 bits per heavy atom. The highest BCUT2D eigenvalue weighted by Crippen LogP contribution is 2.23. The van der Waals surface area contributed by atoms with E-state index in [2.05, 4.69) is 5.92 Å². The Morgan fingerprint density at radius 3 is 2.62 bits per heavy atom. The van der Waals surface area contributed by atoms with Crippen LogP contribution in [0.5, 0.6) is 0 Å². The highest BCUT2D eigenvalue weighted by Gasteiger charge is 2.22. The van der Waals surface area contributed by atoms with Gasteiger partial charge in [0.2, 0.25) is 0 Å². The zero-order chi connectivity index (χ0) is 9.52. The second kappa shape index (κ2) is 6.01. The predicted molar refractivity (Wildman–Crippen MR) is 50.8 cm³/mol. The van der Waals surface area contributed by atoms with Crippen molar-refractivity contribution >= 4 is 0 Å². The number of hydrogen-bond donors (Lipinski definition) is 0. The molecule has 2 heteroatoms. The molecule has 2 atom stereocenters. The van der Waals surface area contributed by atoms with Crippen molar-refractivity contribution in [1.29, 1.82) is 0 Å². The molecule has 0 aliphatic heterocycles. The number of hydrogen-bond acceptors (Lipinski definition) is 2. The Balaban J connectivity index is 2.21. The first kappa shape index (κ1) is 10.6. The van der Waals surface area contributed by atoms with Crippen LogP contribution in [0.4, 0.5) is 0 Å². The van der Waals surface area contributed by atoms with Crippen molar-refractivity contribution in [2.75, 3.05) is 13.2 Å². The van der Waals surface area contributed by atoms with Gasteiger partial charge in [-0.15, -0.1) is 0 Å². The van der Waals surface area contributed by atoms with Gasteiger partial charge < -0.3 is 9.47 Å². The van der Waals surface area contributed by atoms with Crippen molar-refractivity contribution in [3.8, 4) is 5.92 Å².